The zero-order chi connectivity index (χ0) is 18.1. The maximum Gasteiger partial charge on any atom is 0.157 e. The van der Waals surface area contributed by atoms with Crippen LogP contribution >= 0.6 is 0 Å². The van der Waals surface area contributed by atoms with Crippen molar-refractivity contribution in [1.82, 2.24) is 29.1 Å². The highest BCUT2D eigenvalue weighted by molar-refractivity contribution is 5.66. The second-order valence-corrected chi connectivity index (χ2v) is 7.03. The number of imidazole rings is 1. The van der Waals surface area contributed by atoms with E-state index in [-0.39, 0.29) is 0 Å². The van der Waals surface area contributed by atoms with Crippen LogP contribution in [-0.4, -0.2) is 42.2 Å². The highest BCUT2D eigenvalue weighted by atomic mass is 15.3. The average Bonchev–Trinajstić information content (AvgIpc) is 3.40. The van der Waals surface area contributed by atoms with E-state index in [4.69, 9.17) is 4.98 Å². The molecule has 0 amide bonds. The van der Waals surface area contributed by atoms with Gasteiger partial charge in [-0.15, -0.1) is 0 Å². The summed E-state index contributed by atoms with van der Waals surface area (Å²) >= 11 is 0. The molecule has 7 nitrogen and oxygen atoms in total. The van der Waals surface area contributed by atoms with Crippen molar-refractivity contribution < 1.29 is 0 Å². The van der Waals surface area contributed by atoms with Crippen molar-refractivity contribution in [2.75, 3.05) is 18.0 Å². The van der Waals surface area contributed by atoms with Crippen molar-refractivity contribution in [3.8, 4) is 11.3 Å². The Labute approximate surface area is 157 Å². The van der Waals surface area contributed by atoms with Gasteiger partial charge < -0.3 is 9.47 Å². The Morgan fingerprint density at radius 2 is 1.81 bits per heavy atom. The van der Waals surface area contributed by atoms with Crippen LogP contribution < -0.4 is 4.90 Å². The number of hydrogen-bond donors (Lipinski definition) is 0. The van der Waals surface area contributed by atoms with Crippen LogP contribution in [-0.2, 0) is 6.54 Å². The number of hydrogen-bond acceptors (Lipinski definition) is 5. The average molecular weight is 359 g/mol. The van der Waals surface area contributed by atoms with Gasteiger partial charge in [0, 0.05) is 62.1 Å². The van der Waals surface area contributed by atoms with Crippen molar-refractivity contribution in [3.63, 3.8) is 0 Å². The quantitative estimate of drug-likeness (QED) is 0.561. The molecule has 27 heavy (non-hydrogen) atoms. The summed E-state index contributed by atoms with van der Waals surface area (Å²) in [4.78, 5) is 15.4. The molecule has 4 aromatic heterocycles. The Balaban J connectivity index is 1.41. The van der Waals surface area contributed by atoms with Crippen molar-refractivity contribution in [1.29, 1.82) is 0 Å². The standard InChI is InChI=1S/C20H21N7/c1-6-21-7-2-17(1)18-13-20(27-19(24-18)3-8-23-27)26-10-4-16(5-11-26)14-25-12-9-22-15-25/h1-3,6-9,12-13,15-16H,4-5,10-11,14H2. The van der Waals surface area contributed by atoms with Crippen LogP contribution in [0.4, 0.5) is 5.82 Å². The first-order valence-electron chi connectivity index (χ1n) is 9.33. The summed E-state index contributed by atoms with van der Waals surface area (Å²) in [5.74, 6) is 1.79. The smallest absolute Gasteiger partial charge is 0.157 e. The fourth-order valence-electron chi connectivity index (χ4n) is 3.83. The number of aromatic nitrogens is 6. The minimum Gasteiger partial charge on any atom is -0.356 e. The molecule has 5 rings (SSSR count). The van der Waals surface area contributed by atoms with Crippen molar-refractivity contribution in [2.45, 2.75) is 19.4 Å². The third-order valence-corrected chi connectivity index (χ3v) is 5.28. The van der Waals surface area contributed by atoms with E-state index < -0.39 is 0 Å². The SMILES string of the molecule is c1cc(-c2cc(N3CCC(Cn4ccnc4)CC3)n3nccc3n2)ccn1. The molecule has 0 unspecified atom stereocenters. The van der Waals surface area contributed by atoms with Gasteiger partial charge in [0.15, 0.2) is 5.65 Å². The molecule has 7 heteroatoms. The Bertz CT molecular complexity index is 1020. The Hall–Kier alpha value is -3.22. The van der Waals surface area contributed by atoms with E-state index in [1.807, 2.05) is 47.6 Å². The maximum absolute atomic E-state index is 4.76. The minimum absolute atomic E-state index is 0.685. The third-order valence-electron chi connectivity index (χ3n) is 5.28. The van der Waals surface area contributed by atoms with Gasteiger partial charge in [0.25, 0.3) is 0 Å². The number of pyridine rings is 1. The topological polar surface area (TPSA) is 64.1 Å². The van der Waals surface area contributed by atoms with Gasteiger partial charge in [0.2, 0.25) is 0 Å². The molecule has 136 valence electrons. The maximum atomic E-state index is 4.76. The lowest BCUT2D eigenvalue weighted by Gasteiger charge is -2.33. The second-order valence-electron chi connectivity index (χ2n) is 7.03. The molecule has 0 atom stereocenters. The zero-order valence-corrected chi connectivity index (χ0v) is 15.0. The predicted octanol–water partition coefficient (Wildman–Crippen LogP) is 2.90. The number of anilines is 1. The van der Waals surface area contributed by atoms with Crippen molar-refractivity contribution >= 4 is 11.5 Å². The molecule has 0 N–H and O–H groups in total. The first-order chi connectivity index (χ1) is 13.4. The Kier molecular flexibility index (Phi) is 4.04. The minimum atomic E-state index is 0.685. The van der Waals surface area contributed by atoms with Gasteiger partial charge in [-0.2, -0.15) is 9.61 Å². The molecular weight excluding hydrogens is 338 g/mol. The highest BCUT2D eigenvalue weighted by Gasteiger charge is 2.22. The summed E-state index contributed by atoms with van der Waals surface area (Å²) in [6, 6.07) is 8.10. The van der Waals surface area contributed by atoms with Gasteiger partial charge in [-0.3, -0.25) is 4.98 Å². The van der Waals surface area contributed by atoms with Crippen LogP contribution in [0.2, 0.25) is 0 Å². The van der Waals surface area contributed by atoms with Gasteiger partial charge in [0.05, 0.1) is 18.2 Å². The van der Waals surface area contributed by atoms with Crippen LogP contribution in [0.25, 0.3) is 16.9 Å². The van der Waals surface area contributed by atoms with E-state index >= 15 is 0 Å². The molecule has 1 saturated heterocycles. The number of nitrogens with zero attached hydrogens (tertiary/aromatic N) is 7. The van der Waals surface area contributed by atoms with Gasteiger partial charge in [0.1, 0.15) is 5.82 Å². The van der Waals surface area contributed by atoms with E-state index in [0.717, 1.165) is 55.2 Å². The monoisotopic (exact) mass is 359 g/mol. The molecule has 0 radical (unpaired) electrons. The highest BCUT2D eigenvalue weighted by Crippen LogP contribution is 2.28. The van der Waals surface area contributed by atoms with Crippen LogP contribution in [0.3, 0.4) is 0 Å². The fraction of sp³-hybridized carbons (Fsp3) is 0.300. The molecule has 0 aromatic carbocycles. The summed E-state index contributed by atoms with van der Waals surface area (Å²) in [6.45, 7) is 3.09. The van der Waals surface area contributed by atoms with Crippen LogP contribution in [0.15, 0.2) is 61.6 Å². The Morgan fingerprint density at radius 3 is 2.59 bits per heavy atom. The molecule has 0 saturated carbocycles. The largest absolute Gasteiger partial charge is 0.356 e. The van der Waals surface area contributed by atoms with E-state index in [2.05, 4.69) is 30.6 Å². The fourth-order valence-corrected chi connectivity index (χ4v) is 3.83. The molecular formula is C20H21N7. The lowest BCUT2D eigenvalue weighted by Crippen LogP contribution is -2.36. The first kappa shape index (κ1) is 16.0. The normalized spacial score (nSPS) is 15.5. The van der Waals surface area contributed by atoms with E-state index in [9.17, 15) is 0 Å². The summed E-state index contributed by atoms with van der Waals surface area (Å²) in [5.41, 5.74) is 2.91. The van der Waals surface area contributed by atoms with Gasteiger partial charge in [-0.25, -0.2) is 9.97 Å². The number of fused-ring (bicyclic) bond motifs is 1. The van der Waals surface area contributed by atoms with Gasteiger partial charge in [-0.05, 0) is 30.9 Å². The van der Waals surface area contributed by atoms with Crippen LogP contribution in [0.5, 0.6) is 0 Å². The molecule has 5 heterocycles. The number of piperidine rings is 1. The third kappa shape index (κ3) is 3.16. The molecule has 4 aromatic rings. The summed E-state index contributed by atoms with van der Waals surface area (Å²) in [6.07, 6.45) is 13.5. The summed E-state index contributed by atoms with van der Waals surface area (Å²) in [5, 5.41) is 4.50. The lowest BCUT2D eigenvalue weighted by molar-refractivity contribution is 0.355. The summed E-state index contributed by atoms with van der Waals surface area (Å²) < 4.78 is 4.13. The lowest BCUT2D eigenvalue weighted by atomic mass is 9.96. The van der Waals surface area contributed by atoms with E-state index in [1.54, 1.807) is 12.4 Å². The van der Waals surface area contributed by atoms with Crippen molar-refractivity contribution in [2.24, 2.45) is 5.92 Å². The van der Waals surface area contributed by atoms with Gasteiger partial charge in [-0.1, -0.05) is 0 Å². The van der Waals surface area contributed by atoms with E-state index in [0.29, 0.717) is 5.92 Å². The molecule has 1 aliphatic rings. The van der Waals surface area contributed by atoms with E-state index in [1.165, 1.54) is 0 Å². The molecule has 0 aliphatic carbocycles. The molecule has 1 aliphatic heterocycles. The first-order valence-corrected chi connectivity index (χ1v) is 9.33. The molecule has 0 bridgehead atoms. The zero-order valence-electron chi connectivity index (χ0n) is 15.0. The van der Waals surface area contributed by atoms with Crippen LogP contribution in [0.1, 0.15) is 12.8 Å². The summed E-state index contributed by atoms with van der Waals surface area (Å²) in [7, 11) is 0. The molecule has 0 spiro atoms. The van der Waals surface area contributed by atoms with Gasteiger partial charge >= 0.3 is 0 Å². The predicted molar refractivity (Wildman–Crippen MR) is 103 cm³/mol. The number of rotatable bonds is 4. The van der Waals surface area contributed by atoms with Crippen LogP contribution in [0, 0.1) is 5.92 Å². The molecule has 1 fully saturated rings. The Morgan fingerprint density at radius 1 is 0.963 bits per heavy atom. The van der Waals surface area contributed by atoms with Crippen molar-refractivity contribution in [3.05, 3.63) is 61.6 Å². The second kappa shape index (κ2) is 6.83.